The zero-order chi connectivity index (χ0) is 20.8. The summed E-state index contributed by atoms with van der Waals surface area (Å²) in [6.07, 6.45) is 3.89. The lowest BCUT2D eigenvalue weighted by atomic mass is 9.96. The summed E-state index contributed by atoms with van der Waals surface area (Å²) in [7, 11) is 0. The summed E-state index contributed by atoms with van der Waals surface area (Å²) < 4.78 is 10.2. The van der Waals surface area contributed by atoms with Crippen molar-refractivity contribution in [2.75, 3.05) is 18.5 Å². The van der Waals surface area contributed by atoms with Gasteiger partial charge in [-0.05, 0) is 50.3 Å². The van der Waals surface area contributed by atoms with Crippen LogP contribution in [0.25, 0.3) is 0 Å². The molecule has 1 N–H and O–H groups in total. The molecule has 0 spiro atoms. The van der Waals surface area contributed by atoms with Gasteiger partial charge in [-0.15, -0.1) is 11.3 Å². The fourth-order valence-electron chi connectivity index (χ4n) is 3.07. The second kappa shape index (κ2) is 9.34. The van der Waals surface area contributed by atoms with Crippen LogP contribution in [0.2, 0.25) is 0 Å². The number of nitrogens with zero attached hydrogens (tertiary/aromatic N) is 1. The number of ketones is 1. The molecule has 0 radical (unpaired) electrons. The highest BCUT2D eigenvalue weighted by molar-refractivity contribution is 7.16. The fraction of sp³-hybridized carbons (Fsp3) is 0.333. The third-order valence-electron chi connectivity index (χ3n) is 4.50. The molecule has 1 aromatic heterocycles. The maximum absolute atomic E-state index is 12.1. The van der Waals surface area contributed by atoms with E-state index in [1.54, 1.807) is 18.2 Å². The second-order valence-electron chi connectivity index (χ2n) is 6.61. The summed E-state index contributed by atoms with van der Waals surface area (Å²) in [5, 5.41) is 12.6. The van der Waals surface area contributed by atoms with E-state index in [4.69, 9.17) is 9.47 Å². The molecule has 0 saturated heterocycles. The van der Waals surface area contributed by atoms with Crippen LogP contribution < -0.4 is 10.1 Å². The minimum atomic E-state index is -0.709. The van der Waals surface area contributed by atoms with E-state index in [-0.39, 0.29) is 12.4 Å². The molecule has 0 unspecified atom stereocenters. The minimum Gasteiger partial charge on any atom is -0.482 e. The van der Waals surface area contributed by atoms with Crippen LogP contribution >= 0.6 is 11.3 Å². The predicted molar refractivity (Wildman–Crippen MR) is 107 cm³/mol. The van der Waals surface area contributed by atoms with Crippen LogP contribution in [0.15, 0.2) is 24.3 Å². The Balaban J connectivity index is 1.49. The molecular formula is C21H20N2O5S. The first-order valence-electron chi connectivity index (χ1n) is 9.22. The zero-order valence-electron chi connectivity index (χ0n) is 15.9. The number of hydrogen-bond donors (Lipinski definition) is 1. The lowest BCUT2D eigenvalue weighted by Crippen LogP contribution is -2.23. The van der Waals surface area contributed by atoms with Crippen LogP contribution in [0, 0.1) is 11.3 Å². The molecule has 1 aliphatic rings. The van der Waals surface area contributed by atoms with E-state index in [0.717, 1.165) is 36.1 Å². The number of fused-ring (bicyclic) bond motifs is 1. The van der Waals surface area contributed by atoms with Gasteiger partial charge in [-0.2, -0.15) is 5.26 Å². The number of aryl methyl sites for hydroxylation is 1. The summed E-state index contributed by atoms with van der Waals surface area (Å²) in [6.45, 7) is 0.586. The van der Waals surface area contributed by atoms with E-state index in [1.165, 1.54) is 24.3 Å². The molecule has 1 heterocycles. The van der Waals surface area contributed by atoms with Gasteiger partial charge in [0.15, 0.2) is 19.0 Å². The van der Waals surface area contributed by atoms with E-state index >= 15 is 0 Å². The van der Waals surface area contributed by atoms with Gasteiger partial charge in [-0.1, -0.05) is 12.1 Å². The van der Waals surface area contributed by atoms with Crippen molar-refractivity contribution in [1.29, 1.82) is 5.26 Å². The van der Waals surface area contributed by atoms with Crippen molar-refractivity contribution in [2.45, 2.75) is 32.6 Å². The Morgan fingerprint density at radius 3 is 2.76 bits per heavy atom. The average Bonchev–Trinajstić information content (AvgIpc) is 3.07. The smallest absolute Gasteiger partial charge is 0.344 e. The van der Waals surface area contributed by atoms with E-state index in [2.05, 4.69) is 11.4 Å². The minimum absolute atomic E-state index is 0.110. The molecule has 0 aliphatic heterocycles. The van der Waals surface area contributed by atoms with Crippen LogP contribution in [0.3, 0.4) is 0 Å². The Bertz CT molecular complexity index is 989. The van der Waals surface area contributed by atoms with Crippen molar-refractivity contribution in [3.05, 3.63) is 45.8 Å². The van der Waals surface area contributed by atoms with Crippen LogP contribution in [-0.2, 0) is 27.2 Å². The summed E-state index contributed by atoms with van der Waals surface area (Å²) in [6, 6.07) is 8.62. The Morgan fingerprint density at radius 1 is 1.21 bits per heavy atom. The van der Waals surface area contributed by atoms with E-state index in [0.29, 0.717) is 21.9 Å². The van der Waals surface area contributed by atoms with Gasteiger partial charge in [0.1, 0.15) is 16.8 Å². The number of rotatable bonds is 7. The van der Waals surface area contributed by atoms with Crippen molar-refractivity contribution in [2.24, 2.45) is 0 Å². The fourth-order valence-corrected chi connectivity index (χ4v) is 4.33. The largest absolute Gasteiger partial charge is 0.482 e. The van der Waals surface area contributed by atoms with Crippen LogP contribution in [0.1, 0.15) is 46.1 Å². The van der Waals surface area contributed by atoms with Crippen molar-refractivity contribution in [3.63, 3.8) is 0 Å². The van der Waals surface area contributed by atoms with E-state index < -0.39 is 18.5 Å². The normalized spacial score (nSPS) is 12.4. The molecule has 1 aromatic carbocycles. The highest BCUT2D eigenvalue weighted by atomic mass is 32.1. The van der Waals surface area contributed by atoms with Gasteiger partial charge in [0, 0.05) is 10.4 Å². The number of anilines is 1. The number of benzene rings is 1. The standard InChI is InChI=1S/C21H20N2O5S/c1-13(24)14-5-4-6-15(9-14)27-12-20(26)28-11-19(25)23-21-17(10-22)16-7-2-3-8-18(16)29-21/h4-6,9H,2-3,7-8,11-12H2,1H3,(H,23,25). The SMILES string of the molecule is CC(=O)c1cccc(OCC(=O)OCC(=O)Nc2sc3c(c2C#N)CCCC3)c1. The first-order valence-corrected chi connectivity index (χ1v) is 10.0. The third-order valence-corrected chi connectivity index (χ3v) is 5.70. The Labute approximate surface area is 172 Å². The number of nitrogens with one attached hydrogen (secondary N) is 1. The number of amides is 1. The Hall–Kier alpha value is -3.18. The van der Waals surface area contributed by atoms with E-state index in [1.807, 2.05) is 0 Å². The first-order chi connectivity index (χ1) is 14.0. The van der Waals surface area contributed by atoms with Gasteiger partial charge in [-0.3, -0.25) is 9.59 Å². The monoisotopic (exact) mass is 412 g/mol. The molecule has 0 atom stereocenters. The number of ether oxygens (including phenoxy) is 2. The molecule has 0 bridgehead atoms. The second-order valence-corrected chi connectivity index (χ2v) is 7.71. The Kier molecular flexibility index (Phi) is 6.62. The van der Waals surface area contributed by atoms with Crippen LogP contribution in [-0.4, -0.2) is 30.9 Å². The predicted octanol–water partition coefficient (Wildman–Crippen LogP) is 3.26. The molecule has 1 amide bonds. The number of carbonyl (C=O) groups excluding carboxylic acids is 3. The topological polar surface area (TPSA) is 105 Å². The molecule has 8 heteroatoms. The molecule has 3 rings (SSSR count). The Morgan fingerprint density at radius 2 is 2.00 bits per heavy atom. The molecular weight excluding hydrogens is 392 g/mol. The van der Waals surface area contributed by atoms with Gasteiger partial charge in [0.25, 0.3) is 5.91 Å². The number of Topliss-reactive ketones (excluding diaryl/α,β-unsaturated/α-hetero) is 1. The summed E-state index contributed by atoms with van der Waals surface area (Å²) >= 11 is 1.41. The summed E-state index contributed by atoms with van der Waals surface area (Å²) in [4.78, 5) is 36.5. The first kappa shape index (κ1) is 20.6. The van der Waals surface area contributed by atoms with Gasteiger partial charge in [0.05, 0.1) is 5.56 Å². The molecule has 0 fully saturated rings. The molecule has 2 aromatic rings. The maximum Gasteiger partial charge on any atom is 0.344 e. The number of esters is 1. The molecule has 7 nitrogen and oxygen atoms in total. The average molecular weight is 412 g/mol. The quantitative estimate of drug-likeness (QED) is 0.553. The van der Waals surface area contributed by atoms with Gasteiger partial charge >= 0.3 is 5.97 Å². The van der Waals surface area contributed by atoms with Crippen LogP contribution in [0.4, 0.5) is 5.00 Å². The van der Waals surface area contributed by atoms with Gasteiger partial charge in [-0.25, -0.2) is 4.79 Å². The number of hydrogen-bond acceptors (Lipinski definition) is 7. The lowest BCUT2D eigenvalue weighted by molar-refractivity contribution is -0.149. The van der Waals surface area contributed by atoms with Crippen molar-refractivity contribution in [1.82, 2.24) is 0 Å². The molecule has 150 valence electrons. The zero-order valence-corrected chi connectivity index (χ0v) is 16.8. The molecule has 29 heavy (non-hydrogen) atoms. The van der Waals surface area contributed by atoms with Crippen molar-refractivity contribution >= 4 is 34.0 Å². The van der Waals surface area contributed by atoms with Crippen molar-refractivity contribution in [3.8, 4) is 11.8 Å². The highest BCUT2D eigenvalue weighted by Gasteiger charge is 2.22. The van der Waals surface area contributed by atoms with Gasteiger partial charge in [0.2, 0.25) is 0 Å². The highest BCUT2D eigenvalue weighted by Crippen LogP contribution is 2.37. The van der Waals surface area contributed by atoms with Gasteiger partial charge < -0.3 is 14.8 Å². The lowest BCUT2D eigenvalue weighted by Gasteiger charge is -2.09. The number of nitriles is 1. The summed E-state index contributed by atoms with van der Waals surface area (Å²) in [5.41, 5.74) is 2.01. The van der Waals surface area contributed by atoms with Crippen LogP contribution in [0.5, 0.6) is 5.75 Å². The maximum atomic E-state index is 12.1. The molecule has 0 saturated carbocycles. The third kappa shape index (κ3) is 5.21. The summed E-state index contributed by atoms with van der Waals surface area (Å²) in [5.74, 6) is -0.963. The number of thiophene rings is 1. The number of carbonyl (C=O) groups is 3. The van der Waals surface area contributed by atoms with E-state index in [9.17, 15) is 19.6 Å². The van der Waals surface area contributed by atoms with Crippen molar-refractivity contribution < 1.29 is 23.9 Å². The molecule has 1 aliphatic carbocycles.